The van der Waals surface area contributed by atoms with Crippen molar-refractivity contribution in [3.63, 3.8) is 0 Å². The lowest BCUT2D eigenvalue weighted by Crippen LogP contribution is -2.15. The fraction of sp³-hybridized carbons (Fsp3) is 0.250. The van der Waals surface area contributed by atoms with E-state index in [2.05, 4.69) is 36.4 Å². The van der Waals surface area contributed by atoms with E-state index in [1.807, 2.05) is 26.0 Å². The number of nitrogens with zero attached hydrogens (tertiary/aromatic N) is 2. The van der Waals surface area contributed by atoms with Crippen molar-refractivity contribution in [2.75, 3.05) is 11.1 Å². The van der Waals surface area contributed by atoms with Crippen LogP contribution in [-0.4, -0.2) is 26.8 Å². The predicted octanol–water partition coefficient (Wildman–Crippen LogP) is 2.91. The first-order valence-electron chi connectivity index (χ1n) is 5.61. The number of amides is 1. The Morgan fingerprint density at radius 1 is 1.42 bits per heavy atom. The maximum absolute atomic E-state index is 11.9. The van der Waals surface area contributed by atoms with E-state index >= 15 is 0 Å². The predicted molar refractivity (Wildman–Crippen MR) is 79.4 cm³/mol. The topological polar surface area (TPSA) is 70.7 Å². The summed E-state index contributed by atoms with van der Waals surface area (Å²) in [4.78, 5) is 15.8. The summed E-state index contributed by atoms with van der Waals surface area (Å²) in [6, 6.07) is 3.96. The molecule has 1 aromatic carbocycles. The Balaban J connectivity index is 1.99. The van der Waals surface area contributed by atoms with Crippen LogP contribution in [0.2, 0.25) is 0 Å². The van der Waals surface area contributed by atoms with Gasteiger partial charge in [0.25, 0.3) is 0 Å². The van der Waals surface area contributed by atoms with Gasteiger partial charge in [0.05, 0.1) is 5.75 Å². The summed E-state index contributed by atoms with van der Waals surface area (Å²) in [5.41, 5.74) is 2.93. The molecule has 0 unspecified atom stereocenters. The molecule has 1 amide bonds. The van der Waals surface area contributed by atoms with Crippen LogP contribution in [0.1, 0.15) is 11.1 Å². The third kappa shape index (κ3) is 3.81. The lowest BCUT2D eigenvalue weighted by Gasteiger charge is -2.11. The average Bonchev–Trinajstić information content (AvgIpc) is 2.84. The van der Waals surface area contributed by atoms with Crippen LogP contribution in [0.25, 0.3) is 0 Å². The molecule has 5 nitrogen and oxygen atoms in total. The zero-order valence-electron chi connectivity index (χ0n) is 10.5. The first-order chi connectivity index (χ1) is 9.06. The Bertz CT molecular complexity index is 562. The molecule has 0 fully saturated rings. The lowest BCUT2D eigenvalue weighted by atomic mass is 10.1. The number of nitrogens with one attached hydrogen (secondary N) is 2. The number of carbonyl (C=O) groups excluding carboxylic acids is 1. The number of H-pyrrole nitrogens is 1. The van der Waals surface area contributed by atoms with Crippen molar-refractivity contribution in [1.29, 1.82) is 0 Å². The lowest BCUT2D eigenvalue weighted by molar-refractivity contribution is -0.113. The highest BCUT2D eigenvalue weighted by Gasteiger charge is 2.09. The molecule has 0 bridgehead atoms. The molecule has 0 aliphatic heterocycles. The van der Waals surface area contributed by atoms with Crippen LogP contribution in [0.4, 0.5) is 5.69 Å². The molecule has 100 valence electrons. The molecule has 0 aliphatic carbocycles. The van der Waals surface area contributed by atoms with E-state index in [0.717, 1.165) is 21.3 Å². The number of hydrogen-bond donors (Lipinski definition) is 2. The van der Waals surface area contributed by atoms with Crippen LogP contribution in [0, 0.1) is 13.8 Å². The molecule has 7 heteroatoms. The third-order valence-electron chi connectivity index (χ3n) is 2.49. The second-order valence-electron chi connectivity index (χ2n) is 4.04. The van der Waals surface area contributed by atoms with E-state index in [1.165, 1.54) is 18.1 Å². The molecule has 0 aliphatic rings. The number of aromatic nitrogens is 3. The molecule has 0 atom stereocenters. The van der Waals surface area contributed by atoms with Gasteiger partial charge in [-0.2, -0.15) is 5.10 Å². The molecule has 0 radical (unpaired) electrons. The molecule has 0 spiro atoms. The second kappa shape index (κ2) is 6.21. The molecular weight excluding hydrogens is 328 g/mol. The van der Waals surface area contributed by atoms with E-state index in [-0.39, 0.29) is 5.91 Å². The Morgan fingerprint density at radius 3 is 2.68 bits per heavy atom. The molecule has 2 aromatic rings. The Kier molecular flexibility index (Phi) is 4.60. The van der Waals surface area contributed by atoms with Crippen LogP contribution in [0.3, 0.4) is 0 Å². The molecule has 2 rings (SSSR count). The highest BCUT2D eigenvalue weighted by Crippen LogP contribution is 2.25. The smallest absolute Gasteiger partial charge is 0.234 e. The van der Waals surface area contributed by atoms with Gasteiger partial charge in [-0.1, -0.05) is 27.7 Å². The van der Waals surface area contributed by atoms with E-state index < -0.39 is 0 Å². The van der Waals surface area contributed by atoms with Gasteiger partial charge in [0.2, 0.25) is 5.91 Å². The number of halogens is 1. The maximum atomic E-state index is 11.9. The number of aromatic amines is 1. The number of rotatable bonds is 4. The number of anilines is 1. The molecular formula is C12H13BrN4OS. The first-order valence-corrected chi connectivity index (χ1v) is 7.39. The number of thioether (sulfide) groups is 1. The van der Waals surface area contributed by atoms with Gasteiger partial charge in [-0.25, -0.2) is 4.98 Å². The van der Waals surface area contributed by atoms with Crippen molar-refractivity contribution in [3.8, 4) is 0 Å². The summed E-state index contributed by atoms with van der Waals surface area (Å²) in [5.74, 6) is 0.236. The third-order valence-corrected chi connectivity index (χ3v) is 3.83. The van der Waals surface area contributed by atoms with Gasteiger partial charge in [-0.15, -0.1) is 0 Å². The quantitative estimate of drug-likeness (QED) is 0.839. The van der Waals surface area contributed by atoms with Crippen LogP contribution in [0.5, 0.6) is 0 Å². The summed E-state index contributed by atoms with van der Waals surface area (Å²) in [6.45, 7) is 3.94. The molecule has 0 saturated carbocycles. The van der Waals surface area contributed by atoms with Crippen molar-refractivity contribution in [2.24, 2.45) is 0 Å². The zero-order chi connectivity index (χ0) is 13.8. The highest BCUT2D eigenvalue weighted by atomic mass is 79.9. The molecule has 0 saturated heterocycles. The minimum absolute atomic E-state index is 0.0603. The van der Waals surface area contributed by atoms with Crippen LogP contribution in [0.15, 0.2) is 28.1 Å². The highest BCUT2D eigenvalue weighted by molar-refractivity contribution is 9.10. The van der Waals surface area contributed by atoms with Crippen molar-refractivity contribution >= 4 is 39.3 Å². The standard InChI is InChI=1S/C12H13BrN4OS/c1-7-3-9(13)4-8(2)11(7)16-10(18)5-19-12-14-6-15-17-12/h3-4,6H,5H2,1-2H3,(H,16,18)(H,14,15,17). The number of aryl methyl sites for hydroxylation is 2. The minimum atomic E-state index is -0.0603. The normalized spacial score (nSPS) is 10.5. The van der Waals surface area contributed by atoms with Crippen LogP contribution < -0.4 is 5.32 Å². The maximum Gasteiger partial charge on any atom is 0.234 e. The summed E-state index contributed by atoms with van der Waals surface area (Å²) < 4.78 is 1.01. The van der Waals surface area contributed by atoms with Gasteiger partial charge in [-0.05, 0) is 37.1 Å². The molecule has 2 N–H and O–H groups in total. The average molecular weight is 341 g/mol. The first kappa shape index (κ1) is 14.1. The zero-order valence-corrected chi connectivity index (χ0v) is 12.9. The monoisotopic (exact) mass is 340 g/mol. The van der Waals surface area contributed by atoms with Gasteiger partial charge in [0.15, 0.2) is 5.16 Å². The number of benzene rings is 1. The van der Waals surface area contributed by atoms with Gasteiger partial charge in [-0.3, -0.25) is 9.89 Å². The second-order valence-corrected chi connectivity index (χ2v) is 5.92. The van der Waals surface area contributed by atoms with E-state index in [4.69, 9.17) is 0 Å². The fourth-order valence-corrected chi connectivity index (χ4v) is 2.95. The van der Waals surface area contributed by atoms with E-state index in [1.54, 1.807) is 0 Å². The van der Waals surface area contributed by atoms with Gasteiger partial charge < -0.3 is 5.32 Å². The summed E-state index contributed by atoms with van der Waals surface area (Å²) in [7, 11) is 0. The van der Waals surface area contributed by atoms with Crippen molar-refractivity contribution in [1.82, 2.24) is 15.2 Å². The fourth-order valence-electron chi connectivity index (χ4n) is 1.68. The molecule has 1 heterocycles. The Labute approximate surface area is 123 Å². The largest absolute Gasteiger partial charge is 0.325 e. The van der Waals surface area contributed by atoms with Crippen LogP contribution in [-0.2, 0) is 4.79 Å². The SMILES string of the molecule is Cc1cc(Br)cc(C)c1NC(=O)CSc1ncn[nH]1. The van der Waals surface area contributed by atoms with Crippen molar-refractivity contribution in [3.05, 3.63) is 34.1 Å². The molecule has 1 aromatic heterocycles. The summed E-state index contributed by atoms with van der Waals surface area (Å²) >= 11 is 4.75. The van der Waals surface area contributed by atoms with E-state index in [0.29, 0.717) is 10.9 Å². The van der Waals surface area contributed by atoms with E-state index in [9.17, 15) is 4.79 Å². The van der Waals surface area contributed by atoms with Gasteiger partial charge >= 0.3 is 0 Å². The summed E-state index contributed by atoms with van der Waals surface area (Å²) in [6.07, 6.45) is 1.42. The van der Waals surface area contributed by atoms with Gasteiger partial charge in [0, 0.05) is 10.2 Å². The minimum Gasteiger partial charge on any atom is -0.325 e. The number of hydrogen-bond acceptors (Lipinski definition) is 4. The summed E-state index contributed by atoms with van der Waals surface area (Å²) in [5, 5.41) is 9.99. The van der Waals surface area contributed by atoms with Crippen LogP contribution >= 0.6 is 27.7 Å². The Hall–Kier alpha value is -1.34. The van der Waals surface area contributed by atoms with Gasteiger partial charge in [0.1, 0.15) is 6.33 Å². The Morgan fingerprint density at radius 2 is 2.11 bits per heavy atom. The van der Waals surface area contributed by atoms with Crippen molar-refractivity contribution in [2.45, 2.75) is 19.0 Å². The number of carbonyl (C=O) groups is 1. The van der Waals surface area contributed by atoms with Crippen molar-refractivity contribution < 1.29 is 4.79 Å². The molecule has 19 heavy (non-hydrogen) atoms.